The number of pyridine rings is 1. The Morgan fingerprint density at radius 2 is 1.33 bits per heavy atom. The summed E-state index contributed by atoms with van der Waals surface area (Å²) in [5.41, 5.74) is 2.21. The van der Waals surface area contributed by atoms with E-state index < -0.39 is 0 Å². The van der Waals surface area contributed by atoms with Crippen molar-refractivity contribution in [1.82, 2.24) is 15.6 Å². The first-order valence-electron chi connectivity index (χ1n) is 8.42. The molecule has 5 nitrogen and oxygen atoms in total. The predicted molar refractivity (Wildman–Crippen MR) is 99.4 cm³/mol. The summed E-state index contributed by atoms with van der Waals surface area (Å²) in [6, 6.07) is 16.2. The lowest BCUT2D eigenvalue weighted by Crippen LogP contribution is -2.24. The van der Waals surface area contributed by atoms with Crippen LogP contribution in [0.25, 0.3) is 0 Å². The summed E-state index contributed by atoms with van der Waals surface area (Å²) < 4.78 is 13.6. The highest BCUT2D eigenvalue weighted by Crippen LogP contribution is 2.08. The number of benzene rings is 2. The van der Waals surface area contributed by atoms with Crippen molar-refractivity contribution in [3.8, 4) is 0 Å². The lowest BCUT2D eigenvalue weighted by Gasteiger charge is -2.08. The minimum atomic E-state index is -0.362. The molecule has 1 aromatic heterocycles. The molecule has 3 aromatic rings. The number of hydrogen-bond donors (Lipinski definition) is 2. The van der Waals surface area contributed by atoms with Crippen molar-refractivity contribution >= 4 is 11.8 Å². The molecule has 2 N–H and O–H groups in total. The summed E-state index contributed by atoms with van der Waals surface area (Å²) in [6.07, 6.45) is 3.33. The molecule has 1 heterocycles. The fourth-order valence-corrected chi connectivity index (χ4v) is 2.48. The number of rotatable bonds is 6. The second-order valence-electron chi connectivity index (χ2n) is 5.89. The zero-order chi connectivity index (χ0) is 19.1. The van der Waals surface area contributed by atoms with E-state index in [1.54, 1.807) is 54.9 Å². The van der Waals surface area contributed by atoms with Crippen molar-refractivity contribution in [1.29, 1.82) is 0 Å². The Morgan fingerprint density at radius 3 is 1.93 bits per heavy atom. The van der Waals surface area contributed by atoms with Crippen LogP contribution in [-0.4, -0.2) is 16.8 Å². The number of halogens is 1. The van der Waals surface area contributed by atoms with E-state index in [1.165, 1.54) is 6.07 Å². The Balaban J connectivity index is 1.55. The van der Waals surface area contributed by atoms with Gasteiger partial charge in [0.15, 0.2) is 0 Å². The van der Waals surface area contributed by atoms with Crippen LogP contribution in [0.4, 0.5) is 4.39 Å². The van der Waals surface area contributed by atoms with E-state index >= 15 is 0 Å². The fourth-order valence-electron chi connectivity index (χ4n) is 2.48. The molecule has 0 fully saturated rings. The molecule has 0 saturated heterocycles. The summed E-state index contributed by atoms with van der Waals surface area (Å²) in [5, 5.41) is 5.47. The largest absolute Gasteiger partial charge is 0.348 e. The van der Waals surface area contributed by atoms with Gasteiger partial charge in [-0.05, 0) is 48.0 Å². The maximum atomic E-state index is 13.6. The van der Waals surface area contributed by atoms with Crippen LogP contribution >= 0.6 is 0 Å². The van der Waals surface area contributed by atoms with Gasteiger partial charge in [-0.1, -0.05) is 18.2 Å². The van der Waals surface area contributed by atoms with Crippen molar-refractivity contribution in [2.24, 2.45) is 0 Å². The lowest BCUT2D eigenvalue weighted by atomic mass is 10.1. The fraction of sp³-hybridized carbons (Fsp3) is 0.0952. The Morgan fingerprint density at radius 1 is 0.778 bits per heavy atom. The van der Waals surface area contributed by atoms with Crippen LogP contribution in [0.3, 0.4) is 0 Å². The van der Waals surface area contributed by atoms with Crippen molar-refractivity contribution < 1.29 is 14.0 Å². The lowest BCUT2D eigenvalue weighted by molar-refractivity contribution is 0.0939. The molecule has 0 spiro atoms. The molecule has 0 aliphatic carbocycles. The summed E-state index contributed by atoms with van der Waals surface area (Å²) in [5.74, 6) is -0.925. The second-order valence-corrected chi connectivity index (χ2v) is 5.89. The van der Waals surface area contributed by atoms with Crippen LogP contribution < -0.4 is 10.6 Å². The smallest absolute Gasteiger partial charge is 0.251 e. The van der Waals surface area contributed by atoms with Gasteiger partial charge in [0.1, 0.15) is 5.82 Å². The highest BCUT2D eigenvalue weighted by molar-refractivity contribution is 5.97. The van der Waals surface area contributed by atoms with Crippen molar-refractivity contribution in [2.75, 3.05) is 0 Å². The van der Waals surface area contributed by atoms with Gasteiger partial charge in [0.25, 0.3) is 11.8 Å². The van der Waals surface area contributed by atoms with Gasteiger partial charge in [-0.15, -0.1) is 0 Å². The Labute approximate surface area is 156 Å². The van der Waals surface area contributed by atoms with Crippen LogP contribution in [0, 0.1) is 5.82 Å². The van der Waals surface area contributed by atoms with E-state index in [4.69, 9.17) is 0 Å². The molecule has 0 radical (unpaired) electrons. The monoisotopic (exact) mass is 363 g/mol. The standard InChI is InChI=1S/C21H18FN3O2/c22-19-4-2-1-3-18(19)14-25-21(27)17-7-5-16(6-8-17)20(26)24-13-15-9-11-23-12-10-15/h1-12H,13-14H2,(H,24,26)(H,25,27). The summed E-state index contributed by atoms with van der Waals surface area (Å²) in [4.78, 5) is 28.3. The minimum absolute atomic E-state index is 0.0969. The molecule has 0 aliphatic heterocycles. The zero-order valence-corrected chi connectivity index (χ0v) is 14.5. The highest BCUT2D eigenvalue weighted by atomic mass is 19.1. The normalized spacial score (nSPS) is 10.3. The molecule has 0 saturated carbocycles. The Kier molecular flexibility index (Phi) is 5.89. The molecule has 3 rings (SSSR count). The van der Waals surface area contributed by atoms with Gasteiger partial charge in [0, 0.05) is 42.2 Å². The van der Waals surface area contributed by atoms with Crippen molar-refractivity contribution in [3.05, 3.63) is 101 Å². The Hall–Kier alpha value is -3.54. The van der Waals surface area contributed by atoms with Crippen molar-refractivity contribution in [3.63, 3.8) is 0 Å². The molecule has 0 aliphatic rings. The number of nitrogens with one attached hydrogen (secondary N) is 2. The third-order valence-electron chi connectivity index (χ3n) is 4.01. The molecule has 2 aromatic carbocycles. The quantitative estimate of drug-likeness (QED) is 0.707. The molecule has 136 valence electrons. The number of hydrogen-bond acceptors (Lipinski definition) is 3. The van der Waals surface area contributed by atoms with Crippen LogP contribution in [-0.2, 0) is 13.1 Å². The topological polar surface area (TPSA) is 71.1 Å². The first-order chi connectivity index (χ1) is 13.1. The van der Waals surface area contributed by atoms with Crippen molar-refractivity contribution in [2.45, 2.75) is 13.1 Å². The van der Waals surface area contributed by atoms with Gasteiger partial charge >= 0.3 is 0 Å². The zero-order valence-electron chi connectivity index (χ0n) is 14.5. The van der Waals surface area contributed by atoms with Crippen LogP contribution in [0.2, 0.25) is 0 Å². The minimum Gasteiger partial charge on any atom is -0.348 e. The number of nitrogens with zero attached hydrogens (tertiary/aromatic N) is 1. The van der Waals surface area contributed by atoms with Crippen LogP contribution in [0.15, 0.2) is 73.1 Å². The molecule has 6 heteroatoms. The predicted octanol–water partition coefficient (Wildman–Crippen LogP) is 3.08. The van der Waals surface area contributed by atoms with E-state index in [2.05, 4.69) is 15.6 Å². The van der Waals surface area contributed by atoms with Gasteiger partial charge < -0.3 is 10.6 Å². The first kappa shape index (κ1) is 18.3. The van der Waals surface area contributed by atoms with E-state index in [0.29, 0.717) is 23.2 Å². The summed E-state index contributed by atoms with van der Waals surface area (Å²) >= 11 is 0. The first-order valence-corrected chi connectivity index (χ1v) is 8.42. The van der Waals surface area contributed by atoms with E-state index in [9.17, 15) is 14.0 Å². The third kappa shape index (κ3) is 4.98. The molecular weight excluding hydrogens is 345 g/mol. The van der Waals surface area contributed by atoms with E-state index in [1.807, 2.05) is 12.1 Å². The average molecular weight is 363 g/mol. The maximum absolute atomic E-state index is 13.6. The SMILES string of the molecule is O=C(NCc1ccncc1)c1ccc(C(=O)NCc2ccccc2F)cc1. The molecule has 0 atom stereocenters. The van der Waals surface area contributed by atoms with Gasteiger partial charge in [0.2, 0.25) is 0 Å². The second kappa shape index (κ2) is 8.71. The summed E-state index contributed by atoms with van der Waals surface area (Å²) in [6.45, 7) is 0.492. The average Bonchev–Trinajstić information content (AvgIpc) is 2.72. The van der Waals surface area contributed by atoms with Crippen LogP contribution in [0.5, 0.6) is 0 Å². The maximum Gasteiger partial charge on any atom is 0.251 e. The molecule has 0 unspecified atom stereocenters. The molecule has 0 bridgehead atoms. The number of aromatic nitrogens is 1. The highest BCUT2D eigenvalue weighted by Gasteiger charge is 2.10. The molecule has 2 amide bonds. The van der Waals surface area contributed by atoms with Crippen LogP contribution in [0.1, 0.15) is 31.8 Å². The number of amides is 2. The third-order valence-corrected chi connectivity index (χ3v) is 4.01. The molecule has 27 heavy (non-hydrogen) atoms. The van der Waals surface area contributed by atoms with Gasteiger partial charge in [0.05, 0.1) is 0 Å². The van der Waals surface area contributed by atoms with Gasteiger partial charge in [-0.25, -0.2) is 4.39 Å². The van der Waals surface area contributed by atoms with E-state index in [-0.39, 0.29) is 24.2 Å². The Bertz CT molecular complexity index is 928. The van der Waals surface area contributed by atoms with Gasteiger partial charge in [-0.2, -0.15) is 0 Å². The number of carbonyl (C=O) groups excluding carboxylic acids is 2. The molecular formula is C21H18FN3O2. The summed E-state index contributed by atoms with van der Waals surface area (Å²) in [7, 11) is 0. The van der Waals surface area contributed by atoms with Gasteiger partial charge in [-0.3, -0.25) is 14.6 Å². The van der Waals surface area contributed by atoms with E-state index in [0.717, 1.165) is 5.56 Å². The number of carbonyl (C=O) groups is 2.